The first-order chi connectivity index (χ1) is 8.29. The molecule has 0 spiro atoms. The lowest BCUT2D eigenvalue weighted by Gasteiger charge is -2.15. The van der Waals surface area contributed by atoms with Crippen LogP contribution in [-0.4, -0.2) is 30.4 Å². The van der Waals surface area contributed by atoms with Gasteiger partial charge in [0.2, 0.25) is 0 Å². The van der Waals surface area contributed by atoms with Crippen molar-refractivity contribution in [3.8, 4) is 0 Å². The lowest BCUT2D eigenvalue weighted by Crippen LogP contribution is -2.32. The first-order valence-corrected chi connectivity index (χ1v) is 5.15. The second-order valence-corrected chi connectivity index (χ2v) is 3.66. The smallest absolute Gasteiger partial charge is 0.333 e. The van der Waals surface area contributed by atoms with Gasteiger partial charge in [-0.05, 0) is 19.9 Å². The van der Waals surface area contributed by atoms with E-state index in [0.717, 1.165) is 6.08 Å². The number of carbonyl (C=O) groups is 3. The number of carbonyl (C=O) groups excluding carboxylic acids is 3. The minimum Gasteiger partial charge on any atom is -0.458 e. The van der Waals surface area contributed by atoms with Gasteiger partial charge >= 0.3 is 11.9 Å². The molecule has 0 aliphatic carbocycles. The van der Waals surface area contributed by atoms with Crippen LogP contribution in [0.3, 0.4) is 0 Å². The molecule has 0 bridgehead atoms. The molecule has 0 aromatic heterocycles. The third-order valence-electron chi connectivity index (χ3n) is 1.83. The van der Waals surface area contributed by atoms with Gasteiger partial charge in [-0.15, -0.1) is 0 Å². The first kappa shape index (κ1) is 15.8. The van der Waals surface area contributed by atoms with E-state index < -0.39 is 23.8 Å². The zero-order chi connectivity index (χ0) is 14.3. The van der Waals surface area contributed by atoms with E-state index in [-0.39, 0.29) is 17.8 Å². The summed E-state index contributed by atoms with van der Waals surface area (Å²) in [5.41, 5.74) is 0.328. The van der Waals surface area contributed by atoms with E-state index in [1.165, 1.54) is 13.8 Å². The Bertz CT molecular complexity index is 406. The monoisotopic (exact) mass is 252 g/mol. The molecule has 0 aromatic rings. The molecule has 0 rings (SSSR count). The molecular weight excluding hydrogens is 236 g/mol. The fourth-order valence-electron chi connectivity index (χ4n) is 0.810. The quantitative estimate of drug-likeness (QED) is 0.505. The summed E-state index contributed by atoms with van der Waals surface area (Å²) < 4.78 is 9.58. The van der Waals surface area contributed by atoms with Gasteiger partial charge in [-0.1, -0.05) is 19.7 Å². The Kier molecular flexibility index (Phi) is 6.34. The van der Waals surface area contributed by atoms with E-state index in [1.54, 1.807) is 0 Å². The molecule has 0 amide bonds. The standard InChI is InChI=1S/C13H16O5/c1-6-10(14)11(18-13(16)9(4)5)7-17-12(15)8(2)3/h6,11H,1-2,4,7H2,3,5H3. The second-order valence-electron chi connectivity index (χ2n) is 3.66. The van der Waals surface area contributed by atoms with Crippen molar-refractivity contribution in [2.45, 2.75) is 20.0 Å². The minimum absolute atomic E-state index is 0.142. The molecule has 0 radical (unpaired) electrons. The Morgan fingerprint density at radius 2 is 1.61 bits per heavy atom. The fourth-order valence-corrected chi connectivity index (χ4v) is 0.810. The Morgan fingerprint density at radius 1 is 1.11 bits per heavy atom. The Labute approximate surface area is 106 Å². The van der Waals surface area contributed by atoms with E-state index in [2.05, 4.69) is 19.7 Å². The summed E-state index contributed by atoms with van der Waals surface area (Å²) in [6.07, 6.45) is -0.222. The van der Waals surface area contributed by atoms with Gasteiger partial charge in [-0.25, -0.2) is 9.59 Å². The Hall–Kier alpha value is -2.17. The summed E-state index contributed by atoms with van der Waals surface area (Å²) >= 11 is 0. The molecule has 0 N–H and O–H groups in total. The van der Waals surface area contributed by atoms with Crippen LogP contribution in [0.1, 0.15) is 13.8 Å². The van der Waals surface area contributed by atoms with Crippen LogP contribution >= 0.6 is 0 Å². The molecule has 98 valence electrons. The van der Waals surface area contributed by atoms with Crippen molar-refractivity contribution in [3.63, 3.8) is 0 Å². The molecule has 18 heavy (non-hydrogen) atoms. The maximum atomic E-state index is 11.4. The number of esters is 2. The third-order valence-corrected chi connectivity index (χ3v) is 1.83. The van der Waals surface area contributed by atoms with Crippen LogP contribution in [0.2, 0.25) is 0 Å². The number of hydrogen-bond acceptors (Lipinski definition) is 5. The van der Waals surface area contributed by atoms with Crippen LogP contribution in [0.15, 0.2) is 37.0 Å². The van der Waals surface area contributed by atoms with Gasteiger partial charge < -0.3 is 9.47 Å². The molecule has 0 saturated heterocycles. The topological polar surface area (TPSA) is 69.7 Å². The van der Waals surface area contributed by atoms with Crippen molar-refractivity contribution in [1.29, 1.82) is 0 Å². The summed E-state index contributed by atoms with van der Waals surface area (Å²) in [4.78, 5) is 33.9. The van der Waals surface area contributed by atoms with Gasteiger partial charge in [0.05, 0.1) is 0 Å². The van der Waals surface area contributed by atoms with Crippen LogP contribution in [0.5, 0.6) is 0 Å². The van der Waals surface area contributed by atoms with Crippen molar-refractivity contribution in [2.24, 2.45) is 0 Å². The first-order valence-electron chi connectivity index (χ1n) is 5.15. The van der Waals surface area contributed by atoms with Crippen molar-refractivity contribution in [1.82, 2.24) is 0 Å². The third kappa shape index (κ3) is 5.25. The highest BCUT2D eigenvalue weighted by atomic mass is 16.6. The van der Waals surface area contributed by atoms with Crippen LogP contribution in [0.25, 0.3) is 0 Å². The highest BCUT2D eigenvalue weighted by molar-refractivity contribution is 5.96. The zero-order valence-electron chi connectivity index (χ0n) is 10.5. The minimum atomic E-state index is -1.21. The van der Waals surface area contributed by atoms with E-state index in [0.29, 0.717) is 0 Å². The molecule has 1 unspecified atom stereocenters. The molecule has 5 heteroatoms. The van der Waals surface area contributed by atoms with Crippen LogP contribution in [0, 0.1) is 0 Å². The molecule has 0 saturated carbocycles. The largest absolute Gasteiger partial charge is 0.458 e. The van der Waals surface area contributed by atoms with E-state index in [1.807, 2.05) is 0 Å². The summed E-state index contributed by atoms with van der Waals surface area (Å²) in [6.45, 7) is 12.6. The van der Waals surface area contributed by atoms with Gasteiger partial charge in [0.15, 0.2) is 11.9 Å². The average Bonchev–Trinajstić information content (AvgIpc) is 2.32. The molecule has 0 fully saturated rings. The maximum absolute atomic E-state index is 11.4. The average molecular weight is 252 g/mol. The highest BCUT2D eigenvalue weighted by Gasteiger charge is 2.22. The number of ether oxygens (including phenoxy) is 2. The predicted molar refractivity (Wildman–Crippen MR) is 65.7 cm³/mol. The lowest BCUT2D eigenvalue weighted by molar-refractivity contribution is -0.157. The predicted octanol–water partition coefficient (Wildman–Crippen LogP) is 1.35. The van der Waals surface area contributed by atoms with Gasteiger partial charge in [-0.3, -0.25) is 4.79 Å². The Morgan fingerprint density at radius 3 is 2.00 bits per heavy atom. The number of ketones is 1. The molecule has 1 atom stereocenters. The van der Waals surface area contributed by atoms with Crippen molar-refractivity contribution < 1.29 is 23.9 Å². The van der Waals surface area contributed by atoms with Crippen molar-refractivity contribution in [2.75, 3.05) is 6.61 Å². The fraction of sp³-hybridized carbons (Fsp3) is 0.308. The summed E-state index contributed by atoms with van der Waals surface area (Å²) in [6, 6.07) is 0. The summed E-state index contributed by atoms with van der Waals surface area (Å²) in [5.74, 6) is -1.95. The van der Waals surface area contributed by atoms with Gasteiger partial charge in [0, 0.05) is 11.1 Å². The maximum Gasteiger partial charge on any atom is 0.333 e. The molecular formula is C13H16O5. The SMILES string of the molecule is C=CC(=O)C(COC(=O)C(=C)C)OC(=O)C(=C)C. The van der Waals surface area contributed by atoms with E-state index in [9.17, 15) is 14.4 Å². The number of rotatable bonds is 7. The van der Waals surface area contributed by atoms with E-state index >= 15 is 0 Å². The number of hydrogen-bond donors (Lipinski definition) is 0. The summed E-state index contributed by atoms with van der Waals surface area (Å²) in [7, 11) is 0. The molecule has 5 nitrogen and oxygen atoms in total. The van der Waals surface area contributed by atoms with Crippen molar-refractivity contribution in [3.05, 3.63) is 37.0 Å². The molecule has 0 aromatic carbocycles. The lowest BCUT2D eigenvalue weighted by atomic mass is 10.2. The van der Waals surface area contributed by atoms with Crippen LogP contribution in [-0.2, 0) is 23.9 Å². The van der Waals surface area contributed by atoms with Gasteiger partial charge in [-0.2, -0.15) is 0 Å². The van der Waals surface area contributed by atoms with Crippen molar-refractivity contribution >= 4 is 17.7 Å². The van der Waals surface area contributed by atoms with Crippen LogP contribution < -0.4 is 0 Å². The van der Waals surface area contributed by atoms with Gasteiger partial charge in [0.25, 0.3) is 0 Å². The summed E-state index contributed by atoms with van der Waals surface area (Å²) in [5, 5.41) is 0. The van der Waals surface area contributed by atoms with Gasteiger partial charge in [0.1, 0.15) is 6.61 Å². The highest BCUT2D eigenvalue weighted by Crippen LogP contribution is 2.03. The second kappa shape index (κ2) is 7.21. The zero-order valence-corrected chi connectivity index (χ0v) is 10.5. The molecule has 0 aliphatic rings. The van der Waals surface area contributed by atoms with E-state index in [4.69, 9.17) is 9.47 Å². The van der Waals surface area contributed by atoms with Crippen LogP contribution in [0.4, 0.5) is 0 Å². The molecule has 0 aliphatic heterocycles. The Balaban J connectivity index is 4.60. The normalized spacial score (nSPS) is 11.0. The molecule has 0 heterocycles.